The molecule has 2 aliphatic rings. The van der Waals surface area contributed by atoms with Crippen LogP contribution in [0.4, 0.5) is 5.69 Å². The van der Waals surface area contributed by atoms with Gasteiger partial charge in [0, 0.05) is 17.7 Å². The molecule has 0 amide bonds. The molecule has 1 fully saturated rings. The Morgan fingerprint density at radius 1 is 1.14 bits per heavy atom. The molecule has 1 saturated heterocycles. The molecular weight excluding hydrogens is 282 g/mol. The zero-order chi connectivity index (χ0) is 15.3. The Hall–Kier alpha value is -2.53. The van der Waals surface area contributed by atoms with E-state index in [0.29, 0.717) is 6.42 Å². The van der Waals surface area contributed by atoms with Crippen LogP contribution < -0.4 is 0 Å². The zero-order valence-electron chi connectivity index (χ0n) is 11.7. The average molecular weight is 295 g/mol. The molecular formula is C17H13NO4. The van der Waals surface area contributed by atoms with Crippen LogP contribution in [0.5, 0.6) is 0 Å². The molecule has 1 aliphatic heterocycles. The third kappa shape index (κ3) is 1.79. The van der Waals surface area contributed by atoms with Gasteiger partial charge in [-0.15, -0.1) is 0 Å². The fourth-order valence-corrected chi connectivity index (χ4v) is 3.27. The molecule has 0 radical (unpaired) electrons. The summed E-state index contributed by atoms with van der Waals surface area (Å²) in [7, 11) is 0. The van der Waals surface area contributed by atoms with Crippen LogP contribution in [-0.2, 0) is 11.2 Å². The van der Waals surface area contributed by atoms with Crippen LogP contribution >= 0.6 is 0 Å². The average Bonchev–Trinajstić information content (AvgIpc) is 3.27. The lowest BCUT2D eigenvalue weighted by atomic mass is 9.79. The van der Waals surface area contributed by atoms with Crippen LogP contribution in [0.25, 0.3) is 0 Å². The lowest BCUT2D eigenvalue weighted by Gasteiger charge is -2.20. The Morgan fingerprint density at radius 3 is 2.59 bits per heavy atom. The summed E-state index contributed by atoms with van der Waals surface area (Å²) in [5.74, 6) is 0.0257. The molecule has 1 aliphatic carbocycles. The van der Waals surface area contributed by atoms with Crippen molar-refractivity contribution in [2.45, 2.75) is 24.5 Å². The number of hydrogen-bond acceptors (Lipinski definition) is 4. The number of nitro groups is 1. The van der Waals surface area contributed by atoms with Crippen molar-refractivity contribution in [1.82, 2.24) is 0 Å². The van der Waals surface area contributed by atoms with Gasteiger partial charge in [-0.2, -0.15) is 0 Å². The number of benzene rings is 2. The first-order valence-electron chi connectivity index (χ1n) is 7.17. The normalized spacial score (nSPS) is 25.8. The molecule has 0 aromatic heterocycles. The van der Waals surface area contributed by atoms with E-state index < -0.39 is 10.5 Å². The largest absolute Gasteiger partial charge is 0.352 e. The highest BCUT2D eigenvalue weighted by Crippen LogP contribution is 2.56. The first-order valence-corrected chi connectivity index (χ1v) is 7.17. The number of nitrogens with zero attached hydrogens (tertiary/aromatic N) is 1. The Bertz CT molecular complexity index is 784. The number of epoxide rings is 1. The quantitative estimate of drug-likeness (QED) is 0.484. The van der Waals surface area contributed by atoms with Crippen LogP contribution in [0.1, 0.15) is 34.0 Å². The molecule has 22 heavy (non-hydrogen) atoms. The zero-order valence-corrected chi connectivity index (χ0v) is 11.7. The van der Waals surface area contributed by atoms with Crippen LogP contribution in [0, 0.1) is 10.1 Å². The number of aryl methyl sites for hydroxylation is 1. The molecule has 1 spiro atoms. The van der Waals surface area contributed by atoms with Crippen molar-refractivity contribution in [1.29, 1.82) is 0 Å². The summed E-state index contributed by atoms with van der Waals surface area (Å²) in [4.78, 5) is 23.0. The second-order valence-corrected chi connectivity index (χ2v) is 5.72. The van der Waals surface area contributed by atoms with E-state index in [1.165, 1.54) is 12.1 Å². The topological polar surface area (TPSA) is 72.7 Å². The smallest absolute Gasteiger partial charge is 0.269 e. The van der Waals surface area contributed by atoms with Crippen molar-refractivity contribution in [3.8, 4) is 0 Å². The van der Waals surface area contributed by atoms with E-state index in [9.17, 15) is 14.9 Å². The maximum Gasteiger partial charge on any atom is 0.269 e. The summed E-state index contributed by atoms with van der Waals surface area (Å²) in [5.41, 5.74) is 1.89. The van der Waals surface area contributed by atoms with Crippen molar-refractivity contribution in [3.05, 3.63) is 75.3 Å². The maximum atomic E-state index is 12.7. The maximum absolute atomic E-state index is 12.7. The molecule has 2 aromatic carbocycles. The van der Waals surface area contributed by atoms with Crippen molar-refractivity contribution in [2.75, 3.05) is 0 Å². The van der Waals surface area contributed by atoms with Crippen LogP contribution in [-0.4, -0.2) is 16.3 Å². The Balaban J connectivity index is 1.64. The van der Waals surface area contributed by atoms with Crippen molar-refractivity contribution in [2.24, 2.45) is 0 Å². The van der Waals surface area contributed by atoms with E-state index in [2.05, 4.69) is 0 Å². The summed E-state index contributed by atoms with van der Waals surface area (Å²) in [6.45, 7) is 0. The van der Waals surface area contributed by atoms with E-state index in [1.54, 1.807) is 12.1 Å². The molecule has 0 unspecified atom stereocenters. The van der Waals surface area contributed by atoms with Gasteiger partial charge in [0.15, 0.2) is 11.4 Å². The lowest BCUT2D eigenvalue weighted by Crippen LogP contribution is -2.31. The first kappa shape index (κ1) is 13.2. The number of ether oxygens (including phenoxy) is 1. The number of carbonyl (C=O) groups excluding carboxylic acids is 1. The summed E-state index contributed by atoms with van der Waals surface area (Å²) in [6.07, 6.45) is 1.17. The third-order valence-corrected chi connectivity index (χ3v) is 4.51. The molecule has 110 valence electrons. The number of Topliss-reactive ketones (excluding diaryl/α,β-unsaturated/α-hetero) is 1. The highest BCUT2D eigenvalue weighted by Gasteiger charge is 2.63. The standard InChI is InChI=1S/C17H13NO4/c19-15-14-4-2-1-3-11(14)9-10-17(15)16(22-17)12-5-7-13(8-6-12)18(20)21/h1-8,16H,9-10H2/t16-,17-/m0/s1. The second-order valence-electron chi connectivity index (χ2n) is 5.72. The van der Waals surface area contributed by atoms with Gasteiger partial charge in [-0.1, -0.05) is 24.3 Å². The van der Waals surface area contributed by atoms with Gasteiger partial charge < -0.3 is 4.74 Å². The van der Waals surface area contributed by atoms with E-state index in [0.717, 1.165) is 23.1 Å². The minimum absolute atomic E-state index is 0.0257. The van der Waals surface area contributed by atoms with Crippen molar-refractivity contribution in [3.63, 3.8) is 0 Å². The Morgan fingerprint density at radius 2 is 1.86 bits per heavy atom. The monoisotopic (exact) mass is 295 g/mol. The van der Waals surface area contributed by atoms with E-state index in [-0.39, 0.29) is 17.6 Å². The molecule has 4 rings (SSSR count). The van der Waals surface area contributed by atoms with Gasteiger partial charge >= 0.3 is 0 Å². The summed E-state index contributed by atoms with van der Waals surface area (Å²) in [6, 6.07) is 13.9. The van der Waals surface area contributed by atoms with Crippen LogP contribution in [0.3, 0.4) is 0 Å². The predicted octanol–water partition coefficient (Wildman–Crippen LogP) is 3.23. The van der Waals surface area contributed by atoms with E-state index in [4.69, 9.17) is 4.74 Å². The molecule has 5 heteroatoms. The van der Waals surface area contributed by atoms with Crippen LogP contribution in [0.2, 0.25) is 0 Å². The Labute approximate surface area is 126 Å². The lowest BCUT2D eigenvalue weighted by molar-refractivity contribution is -0.384. The third-order valence-electron chi connectivity index (χ3n) is 4.51. The number of non-ortho nitro benzene ring substituents is 1. The predicted molar refractivity (Wildman–Crippen MR) is 78.7 cm³/mol. The van der Waals surface area contributed by atoms with E-state index >= 15 is 0 Å². The number of ketones is 1. The van der Waals surface area contributed by atoms with Gasteiger partial charge in [-0.3, -0.25) is 14.9 Å². The fraction of sp³-hybridized carbons (Fsp3) is 0.235. The number of carbonyl (C=O) groups is 1. The minimum Gasteiger partial charge on any atom is -0.352 e. The van der Waals surface area contributed by atoms with Gasteiger partial charge in [-0.25, -0.2) is 0 Å². The SMILES string of the molecule is O=C1c2ccccc2CC[C@]12O[C@H]2c1ccc([N+](=O)[O-])cc1. The molecule has 0 saturated carbocycles. The second kappa shape index (κ2) is 4.48. The molecule has 1 heterocycles. The highest BCUT2D eigenvalue weighted by molar-refractivity contribution is 6.07. The van der Waals surface area contributed by atoms with Gasteiger partial charge in [-0.05, 0) is 36.1 Å². The molecule has 2 aromatic rings. The highest BCUT2D eigenvalue weighted by atomic mass is 16.6. The van der Waals surface area contributed by atoms with Gasteiger partial charge in [0.25, 0.3) is 5.69 Å². The number of nitro benzene ring substituents is 1. The Kier molecular flexibility index (Phi) is 2.68. The van der Waals surface area contributed by atoms with E-state index in [1.807, 2.05) is 24.3 Å². The molecule has 5 nitrogen and oxygen atoms in total. The molecule has 0 bridgehead atoms. The van der Waals surface area contributed by atoms with Crippen molar-refractivity contribution < 1.29 is 14.5 Å². The number of hydrogen-bond donors (Lipinski definition) is 0. The first-order chi connectivity index (χ1) is 10.6. The summed E-state index contributed by atoms with van der Waals surface area (Å²) < 4.78 is 5.78. The number of rotatable bonds is 2. The number of fused-ring (bicyclic) bond motifs is 1. The van der Waals surface area contributed by atoms with Crippen molar-refractivity contribution >= 4 is 11.5 Å². The minimum atomic E-state index is -0.773. The van der Waals surface area contributed by atoms with Crippen LogP contribution in [0.15, 0.2) is 48.5 Å². The van der Waals surface area contributed by atoms with Gasteiger partial charge in [0.1, 0.15) is 6.10 Å². The summed E-state index contributed by atoms with van der Waals surface area (Å²) in [5, 5.41) is 10.7. The molecule has 2 atom stereocenters. The van der Waals surface area contributed by atoms with Gasteiger partial charge in [0.05, 0.1) is 4.92 Å². The molecule has 0 N–H and O–H groups in total. The summed E-state index contributed by atoms with van der Waals surface area (Å²) >= 11 is 0. The van der Waals surface area contributed by atoms with Gasteiger partial charge in [0.2, 0.25) is 0 Å². The fourth-order valence-electron chi connectivity index (χ4n) is 3.27.